The van der Waals surface area contributed by atoms with E-state index in [1.165, 1.54) is 6.21 Å². The number of carbonyl (C=O) groups is 2. The standard InChI is InChI=1S/C25H28N4O3/c1-4-9-18(5-2)12-19(15-28-26)25-20(16-30)13-21(14-23(25)27-3)29-24(31)17-32-22-10-7-6-8-11-22/h4-16,27H,17,26H2,1-3H3,(H,29,31)/b9-4-,18-5?,19-12+,28-15-. The lowest BCUT2D eigenvalue weighted by Crippen LogP contribution is -2.20. The number of anilines is 2. The lowest BCUT2D eigenvalue weighted by molar-refractivity contribution is -0.118. The molecule has 0 radical (unpaired) electrons. The molecule has 0 aliphatic heterocycles. The molecule has 2 aromatic carbocycles. The van der Waals surface area contributed by atoms with Gasteiger partial charge in [-0.3, -0.25) is 9.59 Å². The zero-order valence-electron chi connectivity index (χ0n) is 18.5. The summed E-state index contributed by atoms with van der Waals surface area (Å²) in [5.41, 5.74) is 3.67. The average molecular weight is 433 g/mol. The monoisotopic (exact) mass is 432 g/mol. The number of nitrogens with one attached hydrogen (secondary N) is 2. The van der Waals surface area contributed by atoms with Crippen LogP contribution >= 0.6 is 0 Å². The maximum Gasteiger partial charge on any atom is 0.262 e. The highest BCUT2D eigenvalue weighted by molar-refractivity contribution is 6.15. The highest BCUT2D eigenvalue weighted by Crippen LogP contribution is 2.31. The Labute approximate surface area is 188 Å². The summed E-state index contributed by atoms with van der Waals surface area (Å²) in [6, 6.07) is 12.4. The van der Waals surface area contributed by atoms with Crippen LogP contribution in [0.1, 0.15) is 29.8 Å². The van der Waals surface area contributed by atoms with E-state index in [4.69, 9.17) is 10.6 Å². The molecule has 0 saturated heterocycles. The molecular formula is C25H28N4O3. The number of hydrazone groups is 1. The van der Waals surface area contributed by atoms with Gasteiger partial charge in [-0.05, 0) is 49.8 Å². The predicted molar refractivity (Wildman–Crippen MR) is 131 cm³/mol. The number of amides is 1. The Balaban J connectivity index is 2.37. The lowest BCUT2D eigenvalue weighted by Gasteiger charge is -2.16. The molecule has 0 spiro atoms. The van der Waals surface area contributed by atoms with Gasteiger partial charge in [-0.15, -0.1) is 0 Å². The number of hydrogen-bond donors (Lipinski definition) is 3. The molecule has 0 bridgehead atoms. The molecule has 7 heteroatoms. The smallest absolute Gasteiger partial charge is 0.262 e. The van der Waals surface area contributed by atoms with E-state index >= 15 is 0 Å². The van der Waals surface area contributed by atoms with Crippen molar-refractivity contribution >= 4 is 35.4 Å². The van der Waals surface area contributed by atoms with Gasteiger partial charge in [-0.2, -0.15) is 5.10 Å². The summed E-state index contributed by atoms with van der Waals surface area (Å²) < 4.78 is 5.48. The number of carbonyl (C=O) groups excluding carboxylic acids is 2. The van der Waals surface area contributed by atoms with Crippen molar-refractivity contribution in [3.8, 4) is 5.75 Å². The quantitative estimate of drug-likeness (QED) is 0.170. The third kappa shape index (κ3) is 6.70. The van der Waals surface area contributed by atoms with Gasteiger partial charge >= 0.3 is 0 Å². The van der Waals surface area contributed by atoms with Gasteiger partial charge in [0.15, 0.2) is 12.9 Å². The molecule has 2 rings (SSSR count). The van der Waals surface area contributed by atoms with Crippen molar-refractivity contribution in [3.05, 3.63) is 83.5 Å². The van der Waals surface area contributed by atoms with Crippen LogP contribution in [0.4, 0.5) is 11.4 Å². The van der Waals surface area contributed by atoms with Gasteiger partial charge in [0.2, 0.25) is 0 Å². The Morgan fingerprint density at radius 2 is 1.94 bits per heavy atom. The minimum Gasteiger partial charge on any atom is -0.484 e. The topological polar surface area (TPSA) is 106 Å². The van der Waals surface area contributed by atoms with Crippen molar-refractivity contribution in [2.24, 2.45) is 10.9 Å². The Hall–Kier alpha value is -4.13. The maximum absolute atomic E-state index is 12.4. The van der Waals surface area contributed by atoms with Crippen LogP contribution < -0.4 is 21.2 Å². The second-order valence-corrected chi connectivity index (χ2v) is 6.67. The number of para-hydroxylation sites is 1. The van der Waals surface area contributed by atoms with E-state index in [9.17, 15) is 9.59 Å². The summed E-state index contributed by atoms with van der Waals surface area (Å²) in [7, 11) is 1.73. The summed E-state index contributed by atoms with van der Waals surface area (Å²) in [5, 5.41) is 9.51. The van der Waals surface area contributed by atoms with E-state index in [0.717, 1.165) is 11.9 Å². The molecule has 0 aliphatic carbocycles. The number of hydrogen-bond acceptors (Lipinski definition) is 6. The summed E-state index contributed by atoms with van der Waals surface area (Å²) in [6.07, 6.45) is 9.89. The molecule has 0 atom stereocenters. The molecule has 0 heterocycles. The molecule has 0 aliphatic rings. The van der Waals surface area contributed by atoms with Gasteiger partial charge in [-0.25, -0.2) is 0 Å². The minimum absolute atomic E-state index is 0.157. The van der Waals surface area contributed by atoms with Gasteiger partial charge < -0.3 is 21.2 Å². The lowest BCUT2D eigenvalue weighted by atomic mass is 9.95. The van der Waals surface area contributed by atoms with E-state index in [-0.39, 0.29) is 12.5 Å². The van der Waals surface area contributed by atoms with Gasteiger partial charge in [0.05, 0.1) is 6.21 Å². The van der Waals surface area contributed by atoms with Crippen molar-refractivity contribution in [1.82, 2.24) is 0 Å². The summed E-state index contributed by atoms with van der Waals surface area (Å²) in [5.74, 6) is 5.68. The van der Waals surface area contributed by atoms with E-state index in [1.54, 1.807) is 31.3 Å². The fraction of sp³-hybridized carbons (Fsp3) is 0.160. The van der Waals surface area contributed by atoms with E-state index in [0.29, 0.717) is 33.8 Å². The van der Waals surface area contributed by atoms with E-state index in [2.05, 4.69) is 15.7 Å². The molecule has 1 amide bonds. The first-order valence-electron chi connectivity index (χ1n) is 10.1. The highest BCUT2D eigenvalue weighted by atomic mass is 16.5. The van der Waals surface area contributed by atoms with Crippen molar-refractivity contribution < 1.29 is 14.3 Å². The molecule has 166 valence electrons. The van der Waals surface area contributed by atoms with Crippen LogP contribution in [0.5, 0.6) is 5.75 Å². The zero-order valence-corrected chi connectivity index (χ0v) is 18.5. The summed E-state index contributed by atoms with van der Waals surface area (Å²) in [4.78, 5) is 24.3. The number of nitrogens with zero attached hydrogens (tertiary/aromatic N) is 1. The van der Waals surface area contributed by atoms with Crippen LogP contribution in [0.2, 0.25) is 0 Å². The minimum atomic E-state index is -0.343. The van der Waals surface area contributed by atoms with Crippen molar-refractivity contribution in [2.75, 3.05) is 24.3 Å². The summed E-state index contributed by atoms with van der Waals surface area (Å²) in [6.45, 7) is 3.68. The molecule has 2 aromatic rings. The van der Waals surface area contributed by atoms with Crippen LogP contribution in [-0.2, 0) is 4.79 Å². The zero-order chi connectivity index (χ0) is 23.3. The first-order valence-corrected chi connectivity index (χ1v) is 10.1. The van der Waals surface area contributed by atoms with E-state index in [1.807, 2.05) is 56.4 Å². The maximum atomic E-state index is 12.4. The fourth-order valence-electron chi connectivity index (χ4n) is 3.07. The SMILES string of the molecule is CC=C(/C=C\C)/C=C(\C=N/N)c1c(C=O)cc(NC(=O)COc2ccccc2)cc1NC. The first kappa shape index (κ1) is 24.1. The molecule has 0 aromatic heterocycles. The molecule has 7 nitrogen and oxygen atoms in total. The largest absolute Gasteiger partial charge is 0.484 e. The van der Waals surface area contributed by atoms with Gasteiger partial charge in [0, 0.05) is 35.1 Å². The summed E-state index contributed by atoms with van der Waals surface area (Å²) >= 11 is 0. The van der Waals surface area contributed by atoms with Crippen LogP contribution in [0.25, 0.3) is 5.57 Å². The molecule has 32 heavy (non-hydrogen) atoms. The normalized spacial score (nSPS) is 12.2. The Morgan fingerprint density at radius 3 is 2.53 bits per heavy atom. The third-order valence-electron chi connectivity index (χ3n) is 4.48. The van der Waals surface area contributed by atoms with Crippen LogP contribution in [0, 0.1) is 0 Å². The van der Waals surface area contributed by atoms with E-state index < -0.39 is 0 Å². The molecule has 0 fully saturated rings. The Morgan fingerprint density at radius 1 is 1.19 bits per heavy atom. The second-order valence-electron chi connectivity index (χ2n) is 6.67. The Kier molecular flexibility index (Phi) is 9.46. The third-order valence-corrected chi connectivity index (χ3v) is 4.48. The molecule has 0 saturated carbocycles. The number of nitrogens with two attached hydrogens (primary N) is 1. The fourth-order valence-corrected chi connectivity index (χ4v) is 3.07. The number of benzene rings is 2. The van der Waals surface area contributed by atoms with Crippen molar-refractivity contribution in [3.63, 3.8) is 0 Å². The predicted octanol–water partition coefficient (Wildman–Crippen LogP) is 4.41. The second kappa shape index (κ2) is 12.5. The van der Waals surface area contributed by atoms with Crippen molar-refractivity contribution in [2.45, 2.75) is 13.8 Å². The van der Waals surface area contributed by atoms with Gasteiger partial charge in [0.1, 0.15) is 5.75 Å². The van der Waals surface area contributed by atoms with Crippen LogP contribution in [0.15, 0.2) is 77.4 Å². The van der Waals surface area contributed by atoms with Crippen molar-refractivity contribution in [1.29, 1.82) is 0 Å². The molecular weight excluding hydrogens is 404 g/mol. The highest BCUT2D eigenvalue weighted by Gasteiger charge is 2.15. The number of allylic oxidation sites excluding steroid dienone is 6. The molecule has 0 unspecified atom stereocenters. The van der Waals surface area contributed by atoms with Crippen LogP contribution in [-0.4, -0.2) is 32.1 Å². The number of ether oxygens (including phenoxy) is 1. The number of rotatable bonds is 10. The Bertz CT molecular complexity index is 1050. The number of aldehydes is 1. The van der Waals surface area contributed by atoms with Gasteiger partial charge in [0.25, 0.3) is 5.91 Å². The average Bonchev–Trinajstić information content (AvgIpc) is 2.82. The first-order chi connectivity index (χ1) is 15.6. The van der Waals surface area contributed by atoms with Gasteiger partial charge in [-0.1, -0.05) is 36.4 Å². The molecule has 4 N–H and O–H groups in total. The van der Waals surface area contributed by atoms with Crippen LogP contribution in [0.3, 0.4) is 0 Å².